The van der Waals surface area contributed by atoms with Gasteiger partial charge in [-0.15, -0.1) is 0 Å². The molecule has 0 aliphatic carbocycles. The monoisotopic (exact) mass is 360 g/mol. The van der Waals surface area contributed by atoms with Gasteiger partial charge in [-0.25, -0.2) is 9.97 Å². The highest BCUT2D eigenvalue weighted by molar-refractivity contribution is 5.95. The Hall–Kier alpha value is -3.21. The molecule has 0 fully saturated rings. The van der Waals surface area contributed by atoms with Crippen LogP contribution in [0, 0.1) is 5.92 Å². The second-order valence-corrected chi connectivity index (χ2v) is 6.80. The Morgan fingerprint density at radius 2 is 1.81 bits per heavy atom. The van der Waals surface area contributed by atoms with E-state index >= 15 is 0 Å². The molecule has 2 aromatic carbocycles. The van der Waals surface area contributed by atoms with Crippen LogP contribution in [0.2, 0.25) is 0 Å². The number of nitrogens with zero attached hydrogens (tertiary/aromatic N) is 2. The van der Waals surface area contributed by atoms with E-state index in [9.17, 15) is 4.79 Å². The van der Waals surface area contributed by atoms with Crippen LogP contribution < -0.4 is 10.6 Å². The zero-order chi connectivity index (χ0) is 19.1. The first kappa shape index (κ1) is 18.6. The molecule has 3 aromatic rings. The van der Waals surface area contributed by atoms with Crippen LogP contribution in [-0.4, -0.2) is 22.4 Å². The highest BCUT2D eigenvalue weighted by Gasteiger charge is 2.07. The van der Waals surface area contributed by atoms with Crippen molar-refractivity contribution >= 4 is 17.4 Å². The number of carbonyl (C=O) groups excluding carboxylic acids is 1. The maximum absolute atomic E-state index is 12.3. The maximum atomic E-state index is 12.3. The molecule has 0 aliphatic rings. The van der Waals surface area contributed by atoms with Crippen molar-refractivity contribution in [1.82, 2.24) is 15.3 Å². The van der Waals surface area contributed by atoms with Gasteiger partial charge in [-0.1, -0.05) is 50.2 Å². The van der Waals surface area contributed by atoms with Gasteiger partial charge in [-0.2, -0.15) is 0 Å². The van der Waals surface area contributed by atoms with Gasteiger partial charge in [0.1, 0.15) is 12.1 Å². The molecule has 0 saturated carbocycles. The van der Waals surface area contributed by atoms with E-state index in [-0.39, 0.29) is 5.91 Å². The van der Waals surface area contributed by atoms with Gasteiger partial charge >= 0.3 is 0 Å². The van der Waals surface area contributed by atoms with Crippen molar-refractivity contribution in [2.75, 3.05) is 11.9 Å². The van der Waals surface area contributed by atoms with Crippen LogP contribution in [0.1, 0.15) is 30.6 Å². The molecule has 0 bridgehead atoms. The zero-order valence-electron chi connectivity index (χ0n) is 15.6. The van der Waals surface area contributed by atoms with Gasteiger partial charge in [0, 0.05) is 29.4 Å². The molecule has 27 heavy (non-hydrogen) atoms. The number of anilines is 2. The van der Waals surface area contributed by atoms with Crippen LogP contribution in [0.15, 0.2) is 67.0 Å². The van der Waals surface area contributed by atoms with Gasteiger partial charge in [0.15, 0.2) is 0 Å². The molecule has 1 amide bonds. The van der Waals surface area contributed by atoms with Crippen molar-refractivity contribution < 1.29 is 4.79 Å². The lowest BCUT2D eigenvalue weighted by Crippen LogP contribution is -2.25. The number of hydrogen-bond acceptors (Lipinski definition) is 4. The Morgan fingerprint density at radius 1 is 1.00 bits per heavy atom. The van der Waals surface area contributed by atoms with Crippen molar-refractivity contribution in [2.45, 2.75) is 20.3 Å². The van der Waals surface area contributed by atoms with Gasteiger partial charge < -0.3 is 10.6 Å². The molecule has 0 radical (unpaired) electrons. The highest BCUT2D eigenvalue weighted by atomic mass is 16.1. The topological polar surface area (TPSA) is 66.9 Å². The summed E-state index contributed by atoms with van der Waals surface area (Å²) in [4.78, 5) is 20.9. The third kappa shape index (κ3) is 5.38. The molecule has 0 saturated heterocycles. The summed E-state index contributed by atoms with van der Waals surface area (Å²) in [5.74, 6) is 1.18. The van der Waals surface area contributed by atoms with Gasteiger partial charge in [-0.05, 0) is 30.5 Å². The summed E-state index contributed by atoms with van der Waals surface area (Å²) < 4.78 is 0. The number of benzene rings is 2. The molecule has 0 spiro atoms. The predicted molar refractivity (Wildman–Crippen MR) is 109 cm³/mol. The lowest BCUT2D eigenvalue weighted by atomic mass is 10.1. The summed E-state index contributed by atoms with van der Waals surface area (Å²) in [6.45, 7) is 4.96. The molecule has 0 aliphatic heterocycles. The summed E-state index contributed by atoms with van der Waals surface area (Å²) >= 11 is 0. The van der Waals surface area contributed by atoms with Crippen LogP contribution in [0.4, 0.5) is 11.5 Å². The van der Waals surface area contributed by atoms with Gasteiger partial charge in [0.2, 0.25) is 0 Å². The predicted octanol–water partition coefficient (Wildman–Crippen LogP) is 4.66. The van der Waals surface area contributed by atoms with E-state index in [1.165, 1.54) is 6.33 Å². The zero-order valence-corrected chi connectivity index (χ0v) is 15.6. The van der Waals surface area contributed by atoms with Crippen LogP contribution in [0.5, 0.6) is 0 Å². The lowest BCUT2D eigenvalue weighted by Gasteiger charge is -2.10. The highest BCUT2D eigenvalue weighted by Crippen LogP contribution is 2.21. The second kappa shape index (κ2) is 8.94. The number of aromatic nitrogens is 2. The van der Waals surface area contributed by atoms with Crippen molar-refractivity contribution in [1.29, 1.82) is 0 Å². The number of carbonyl (C=O) groups is 1. The smallest absolute Gasteiger partial charge is 0.251 e. The minimum Gasteiger partial charge on any atom is -0.352 e. The number of hydrogen-bond donors (Lipinski definition) is 2. The minimum absolute atomic E-state index is 0.0630. The minimum atomic E-state index is -0.0630. The quantitative estimate of drug-likeness (QED) is 0.643. The second-order valence-electron chi connectivity index (χ2n) is 6.80. The average molecular weight is 360 g/mol. The Morgan fingerprint density at radius 3 is 2.59 bits per heavy atom. The van der Waals surface area contributed by atoms with E-state index in [0.717, 1.165) is 23.4 Å². The van der Waals surface area contributed by atoms with Crippen molar-refractivity contribution in [3.63, 3.8) is 0 Å². The Balaban J connectivity index is 1.70. The summed E-state index contributed by atoms with van der Waals surface area (Å²) in [5.41, 5.74) is 3.31. The van der Waals surface area contributed by atoms with Crippen molar-refractivity contribution in [3.05, 3.63) is 72.6 Å². The molecular weight excluding hydrogens is 336 g/mol. The molecule has 5 nitrogen and oxygen atoms in total. The normalized spacial score (nSPS) is 10.6. The first-order chi connectivity index (χ1) is 13.1. The molecule has 3 rings (SSSR count). The SMILES string of the molecule is CC(C)CCNC(=O)c1cccc(Nc2cc(-c3ccccc3)ncn2)c1. The van der Waals surface area contributed by atoms with Gasteiger partial charge in [0.05, 0.1) is 5.69 Å². The summed E-state index contributed by atoms with van der Waals surface area (Å²) in [6.07, 6.45) is 2.50. The third-order valence-corrected chi connectivity index (χ3v) is 4.14. The standard InChI is InChI=1S/C22H24N4O/c1-16(2)11-12-23-22(27)18-9-6-10-19(13-18)26-21-14-20(24-15-25-21)17-7-4-3-5-8-17/h3-10,13-16H,11-12H2,1-2H3,(H,23,27)(H,24,25,26). The number of amides is 1. The molecule has 1 heterocycles. The molecule has 2 N–H and O–H groups in total. The average Bonchev–Trinajstić information content (AvgIpc) is 2.69. The van der Waals surface area contributed by atoms with E-state index in [4.69, 9.17) is 0 Å². The fourth-order valence-electron chi connectivity index (χ4n) is 2.65. The molecule has 0 unspecified atom stereocenters. The van der Waals surface area contributed by atoms with Crippen LogP contribution >= 0.6 is 0 Å². The van der Waals surface area contributed by atoms with E-state index in [2.05, 4.69) is 34.4 Å². The molecular formula is C22H24N4O. The molecule has 138 valence electrons. The summed E-state index contributed by atoms with van der Waals surface area (Å²) in [7, 11) is 0. The van der Waals surface area contributed by atoms with E-state index in [1.54, 1.807) is 0 Å². The first-order valence-corrected chi connectivity index (χ1v) is 9.14. The van der Waals surface area contributed by atoms with Gasteiger partial charge in [-0.3, -0.25) is 4.79 Å². The van der Waals surface area contributed by atoms with Gasteiger partial charge in [0.25, 0.3) is 5.91 Å². The van der Waals surface area contributed by atoms with Crippen molar-refractivity contribution in [3.8, 4) is 11.3 Å². The summed E-state index contributed by atoms with van der Waals surface area (Å²) in [5, 5.41) is 6.21. The fraction of sp³-hybridized carbons (Fsp3) is 0.227. The van der Waals surface area contributed by atoms with E-state index in [0.29, 0.717) is 23.8 Å². The fourth-order valence-corrected chi connectivity index (χ4v) is 2.65. The van der Waals surface area contributed by atoms with E-state index < -0.39 is 0 Å². The molecule has 0 atom stereocenters. The largest absolute Gasteiger partial charge is 0.352 e. The Labute approximate surface area is 159 Å². The summed E-state index contributed by atoms with van der Waals surface area (Å²) in [6, 6.07) is 19.3. The molecule has 5 heteroatoms. The van der Waals surface area contributed by atoms with Crippen LogP contribution in [0.25, 0.3) is 11.3 Å². The lowest BCUT2D eigenvalue weighted by molar-refractivity contribution is 0.0952. The first-order valence-electron chi connectivity index (χ1n) is 9.14. The van der Waals surface area contributed by atoms with Crippen LogP contribution in [-0.2, 0) is 0 Å². The Bertz CT molecular complexity index is 894. The van der Waals surface area contributed by atoms with E-state index in [1.807, 2.05) is 60.7 Å². The van der Waals surface area contributed by atoms with Crippen LogP contribution in [0.3, 0.4) is 0 Å². The molecule has 1 aromatic heterocycles. The third-order valence-electron chi connectivity index (χ3n) is 4.14. The Kier molecular flexibility index (Phi) is 6.15. The number of nitrogens with one attached hydrogen (secondary N) is 2. The number of rotatable bonds is 7. The van der Waals surface area contributed by atoms with Crippen molar-refractivity contribution in [2.24, 2.45) is 5.92 Å². The maximum Gasteiger partial charge on any atom is 0.251 e.